The molecule has 2 rings (SSSR count). The molecule has 1 aromatic carbocycles. The Morgan fingerprint density at radius 1 is 1.53 bits per heavy atom. The number of aromatic nitrogens is 2. The Morgan fingerprint density at radius 3 is 3.00 bits per heavy atom. The lowest BCUT2D eigenvalue weighted by molar-refractivity contribution is 0.0988. The molecule has 0 radical (unpaired) electrons. The fourth-order valence-electron chi connectivity index (χ4n) is 1.54. The molecule has 1 heterocycles. The van der Waals surface area contributed by atoms with Crippen LogP contribution < -0.4 is 4.74 Å². The van der Waals surface area contributed by atoms with Crippen LogP contribution in [0.4, 0.5) is 0 Å². The van der Waals surface area contributed by atoms with E-state index in [1.54, 1.807) is 30.6 Å². The summed E-state index contributed by atoms with van der Waals surface area (Å²) in [5, 5.41) is 0.538. The van der Waals surface area contributed by atoms with Crippen LogP contribution in [0.5, 0.6) is 5.75 Å². The SMILES string of the molecule is COc1cc(Cl)ccc1C(=O)Cc1ncc[nH]1. The van der Waals surface area contributed by atoms with E-state index in [0.29, 0.717) is 22.2 Å². The van der Waals surface area contributed by atoms with Crippen molar-refractivity contribution < 1.29 is 9.53 Å². The lowest BCUT2D eigenvalue weighted by Gasteiger charge is -2.07. The number of Topliss-reactive ketones (excluding diaryl/α,β-unsaturated/α-hetero) is 1. The molecule has 0 atom stereocenters. The van der Waals surface area contributed by atoms with Crippen LogP contribution in [-0.4, -0.2) is 22.9 Å². The summed E-state index contributed by atoms with van der Waals surface area (Å²) in [4.78, 5) is 18.9. The second-order valence-electron chi connectivity index (χ2n) is 3.48. The van der Waals surface area contributed by atoms with Crippen molar-refractivity contribution in [3.8, 4) is 5.75 Å². The van der Waals surface area contributed by atoms with Gasteiger partial charge >= 0.3 is 0 Å². The minimum Gasteiger partial charge on any atom is -0.496 e. The summed E-state index contributed by atoms with van der Waals surface area (Å²) in [6.45, 7) is 0. The van der Waals surface area contributed by atoms with Gasteiger partial charge in [-0.05, 0) is 18.2 Å². The normalized spacial score (nSPS) is 10.2. The summed E-state index contributed by atoms with van der Waals surface area (Å²) in [7, 11) is 1.51. The first-order chi connectivity index (χ1) is 8.20. The molecule has 17 heavy (non-hydrogen) atoms. The van der Waals surface area contributed by atoms with Crippen molar-refractivity contribution >= 4 is 17.4 Å². The fraction of sp³-hybridized carbons (Fsp3) is 0.167. The van der Waals surface area contributed by atoms with Crippen LogP contribution in [0.1, 0.15) is 16.2 Å². The Kier molecular flexibility index (Phi) is 3.44. The predicted molar refractivity (Wildman–Crippen MR) is 64.6 cm³/mol. The molecule has 0 spiro atoms. The highest BCUT2D eigenvalue weighted by molar-refractivity contribution is 6.30. The van der Waals surface area contributed by atoms with E-state index in [1.165, 1.54) is 7.11 Å². The van der Waals surface area contributed by atoms with Crippen LogP contribution >= 0.6 is 11.6 Å². The lowest BCUT2D eigenvalue weighted by Crippen LogP contribution is -2.06. The third kappa shape index (κ3) is 2.65. The summed E-state index contributed by atoms with van der Waals surface area (Å²) in [5.41, 5.74) is 0.508. The number of H-pyrrole nitrogens is 1. The van der Waals surface area contributed by atoms with Gasteiger partial charge in [-0.2, -0.15) is 0 Å². The van der Waals surface area contributed by atoms with Crippen molar-refractivity contribution in [1.82, 2.24) is 9.97 Å². The first-order valence-electron chi connectivity index (χ1n) is 5.05. The second kappa shape index (κ2) is 5.01. The van der Waals surface area contributed by atoms with Crippen LogP contribution in [0.3, 0.4) is 0 Å². The van der Waals surface area contributed by atoms with E-state index in [-0.39, 0.29) is 12.2 Å². The average molecular weight is 251 g/mol. The van der Waals surface area contributed by atoms with Gasteiger partial charge in [0, 0.05) is 17.4 Å². The number of nitrogens with zero attached hydrogens (tertiary/aromatic N) is 1. The molecule has 5 heteroatoms. The van der Waals surface area contributed by atoms with Crippen molar-refractivity contribution in [3.05, 3.63) is 47.0 Å². The van der Waals surface area contributed by atoms with Gasteiger partial charge in [0.25, 0.3) is 0 Å². The third-order valence-corrected chi connectivity index (χ3v) is 2.58. The van der Waals surface area contributed by atoms with Gasteiger partial charge in [-0.15, -0.1) is 0 Å². The van der Waals surface area contributed by atoms with E-state index in [4.69, 9.17) is 16.3 Å². The van der Waals surface area contributed by atoms with Crippen molar-refractivity contribution in [2.75, 3.05) is 7.11 Å². The summed E-state index contributed by atoms with van der Waals surface area (Å²) in [6, 6.07) is 4.95. The molecule has 2 aromatic rings. The first-order valence-corrected chi connectivity index (χ1v) is 5.43. The van der Waals surface area contributed by atoms with Gasteiger partial charge in [0.15, 0.2) is 5.78 Å². The zero-order chi connectivity index (χ0) is 12.3. The molecular weight excluding hydrogens is 240 g/mol. The molecule has 1 N–H and O–H groups in total. The first kappa shape index (κ1) is 11.7. The van der Waals surface area contributed by atoms with Gasteiger partial charge in [0.05, 0.1) is 19.1 Å². The number of hydrogen-bond donors (Lipinski definition) is 1. The third-order valence-electron chi connectivity index (χ3n) is 2.35. The van der Waals surface area contributed by atoms with Crippen molar-refractivity contribution in [2.45, 2.75) is 6.42 Å². The molecule has 0 unspecified atom stereocenters. The number of carbonyl (C=O) groups excluding carboxylic acids is 1. The van der Waals surface area contributed by atoms with Crippen molar-refractivity contribution in [3.63, 3.8) is 0 Å². The Hall–Kier alpha value is -1.81. The molecule has 0 saturated carbocycles. The van der Waals surface area contributed by atoms with Crippen molar-refractivity contribution in [1.29, 1.82) is 0 Å². The Bertz CT molecular complexity index is 523. The lowest BCUT2D eigenvalue weighted by atomic mass is 10.1. The van der Waals surface area contributed by atoms with Gasteiger partial charge in [-0.1, -0.05) is 11.6 Å². The van der Waals surface area contributed by atoms with Crippen molar-refractivity contribution in [2.24, 2.45) is 0 Å². The van der Waals surface area contributed by atoms with E-state index in [1.807, 2.05) is 0 Å². The van der Waals surface area contributed by atoms with E-state index in [0.717, 1.165) is 0 Å². The zero-order valence-corrected chi connectivity index (χ0v) is 9.99. The molecule has 4 nitrogen and oxygen atoms in total. The number of imidazole rings is 1. The molecule has 0 bridgehead atoms. The molecule has 0 amide bonds. The van der Waals surface area contributed by atoms with Gasteiger partial charge in [0.1, 0.15) is 11.6 Å². The number of benzene rings is 1. The van der Waals surface area contributed by atoms with Gasteiger partial charge < -0.3 is 9.72 Å². The highest BCUT2D eigenvalue weighted by atomic mass is 35.5. The number of halogens is 1. The van der Waals surface area contributed by atoms with E-state index in [2.05, 4.69) is 9.97 Å². The van der Waals surface area contributed by atoms with Crippen LogP contribution in [0.15, 0.2) is 30.6 Å². The fourth-order valence-corrected chi connectivity index (χ4v) is 1.70. The summed E-state index contributed by atoms with van der Waals surface area (Å²) < 4.78 is 5.13. The smallest absolute Gasteiger partial charge is 0.174 e. The van der Waals surface area contributed by atoms with Gasteiger partial charge in [-0.25, -0.2) is 4.98 Å². The maximum atomic E-state index is 12.0. The minimum absolute atomic E-state index is 0.0616. The molecule has 1 aromatic heterocycles. The van der Waals surface area contributed by atoms with E-state index in [9.17, 15) is 4.79 Å². The van der Waals surface area contributed by atoms with E-state index >= 15 is 0 Å². The zero-order valence-electron chi connectivity index (χ0n) is 9.24. The predicted octanol–water partition coefficient (Wildman–Crippen LogP) is 2.50. The minimum atomic E-state index is -0.0616. The topological polar surface area (TPSA) is 55.0 Å². The summed E-state index contributed by atoms with van der Waals surface area (Å²) in [6.07, 6.45) is 3.51. The van der Waals surface area contributed by atoms with Gasteiger partial charge in [-0.3, -0.25) is 4.79 Å². The number of ether oxygens (including phenoxy) is 1. The van der Waals surface area contributed by atoms with Crippen LogP contribution in [0, 0.1) is 0 Å². The Morgan fingerprint density at radius 2 is 2.35 bits per heavy atom. The molecule has 0 aliphatic rings. The average Bonchev–Trinajstić information content (AvgIpc) is 2.81. The maximum Gasteiger partial charge on any atom is 0.174 e. The number of aromatic amines is 1. The molecule has 0 fully saturated rings. The second-order valence-corrected chi connectivity index (χ2v) is 3.92. The highest BCUT2D eigenvalue weighted by Gasteiger charge is 2.14. The molecule has 88 valence electrons. The van der Waals surface area contributed by atoms with Gasteiger partial charge in [0.2, 0.25) is 0 Å². The number of ketones is 1. The van der Waals surface area contributed by atoms with Crippen LogP contribution in [0.25, 0.3) is 0 Å². The van der Waals surface area contributed by atoms with Crippen LogP contribution in [-0.2, 0) is 6.42 Å². The maximum absolute atomic E-state index is 12.0. The summed E-state index contributed by atoms with van der Waals surface area (Å²) in [5.74, 6) is 1.05. The Balaban J connectivity index is 2.24. The van der Waals surface area contributed by atoms with E-state index < -0.39 is 0 Å². The number of methoxy groups -OCH3 is 1. The molecular formula is C12H11ClN2O2. The number of nitrogens with one attached hydrogen (secondary N) is 1. The number of rotatable bonds is 4. The molecule has 0 aliphatic heterocycles. The monoisotopic (exact) mass is 250 g/mol. The largest absolute Gasteiger partial charge is 0.496 e. The molecule has 0 aliphatic carbocycles. The number of carbonyl (C=O) groups is 1. The number of hydrogen-bond acceptors (Lipinski definition) is 3. The quantitative estimate of drug-likeness (QED) is 0.849. The standard InChI is InChI=1S/C12H11ClN2O2/c1-17-11-6-8(13)2-3-9(11)10(16)7-12-14-4-5-15-12/h2-6H,7H2,1H3,(H,14,15). The molecule has 0 saturated heterocycles. The Labute approximate surface area is 104 Å². The van der Waals surface area contributed by atoms with Crippen LogP contribution in [0.2, 0.25) is 5.02 Å². The highest BCUT2D eigenvalue weighted by Crippen LogP contribution is 2.24. The summed E-state index contributed by atoms with van der Waals surface area (Å²) >= 11 is 5.83.